The summed E-state index contributed by atoms with van der Waals surface area (Å²) in [7, 11) is 1.79. The van der Waals surface area contributed by atoms with Gasteiger partial charge in [-0.3, -0.25) is 4.98 Å². The Hall–Kier alpha value is -3.55. The maximum absolute atomic E-state index is 13.4. The lowest BCUT2D eigenvalue weighted by molar-refractivity contribution is 0.193. The molecule has 4 rings (SSSR count). The molecule has 0 spiro atoms. The molecule has 2 amide bonds. The number of nitrogens with one attached hydrogen (secondary N) is 1. The van der Waals surface area contributed by atoms with Gasteiger partial charge < -0.3 is 15.1 Å². The number of aryl methyl sites for hydroxylation is 1. The van der Waals surface area contributed by atoms with Gasteiger partial charge in [-0.1, -0.05) is 13.5 Å². The summed E-state index contributed by atoms with van der Waals surface area (Å²) in [5, 5.41) is 2.84. The number of nitrogens with zero attached hydrogens (tertiary/aromatic N) is 4. The van der Waals surface area contributed by atoms with E-state index in [1.54, 1.807) is 24.1 Å². The Morgan fingerprint density at radius 2 is 1.79 bits per heavy atom. The van der Waals surface area contributed by atoms with E-state index in [1.165, 1.54) is 18.3 Å². The van der Waals surface area contributed by atoms with Crippen molar-refractivity contribution < 1.29 is 13.6 Å². The van der Waals surface area contributed by atoms with E-state index in [1.807, 2.05) is 25.1 Å². The fourth-order valence-electron chi connectivity index (χ4n) is 3.90. The monoisotopic (exact) mass is 453 g/mol. The van der Waals surface area contributed by atoms with Gasteiger partial charge in [0.25, 0.3) is 0 Å². The molecular formula is C25H29F2N5O. The van der Waals surface area contributed by atoms with E-state index in [-0.39, 0.29) is 19.5 Å². The Labute approximate surface area is 193 Å². The van der Waals surface area contributed by atoms with Gasteiger partial charge in [0.15, 0.2) is 0 Å². The van der Waals surface area contributed by atoms with E-state index >= 15 is 0 Å². The molecule has 1 aliphatic heterocycles. The van der Waals surface area contributed by atoms with Gasteiger partial charge in [0, 0.05) is 43.5 Å². The first-order valence-corrected chi connectivity index (χ1v) is 10.5. The number of carbonyl (C=O) groups excluding carboxylic acids is 1. The maximum Gasteiger partial charge on any atom is 0.321 e. The third kappa shape index (κ3) is 5.83. The van der Waals surface area contributed by atoms with E-state index in [4.69, 9.17) is 0 Å². The van der Waals surface area contributed by atoms with Crippen molar-refractivity contribution in [3.8, 4) is 11.3 Å². The maximum atomic E-state index is 13.4. The van der Waals surface area contributed by atoms with Gasteiger partial charge in [0.2, 0.25) is 0 Å². The molecule has 0 saturated carbocycles. The Morgan fingerprint density at radius 1 is 1.09 bits per heavy atom. The average Bonchev–Trinajstić information content (AvgIpc) is 2.78. The second kappa shape index (κ2) is 10.4. The average molecular weight is 454 g/mol. The highest BCUT2D eigenvalue weighted by molar-refractivity contribution is 5.89. The number of anilines is 2. The molecular weight excluding hydrogens is 424 g/mol. The minimum absolute atomic E-state index is 0. The van der Waals surface area contributed by atoms with E-state index in [0.29, 0.717) is 16.9 Å². The van der Waals surface area contributed by atoms with Crippen molar-refractivity contribution in [2.75, 3.05) is 30.4 Å². The Bertz CT molecular complexity index is 1080. The third-order valence-electron chi connectivity index (χ3n) is 5.70. The van der Waals surface area contributed by atoms with Crippen molar-refractivity contribution in [2.45, 2.75) is 33.2 Å². The van der Waals surface area contributed by atoms with Crippen molar-refractivity contribution >= 4 is 17.5 Å². The predicted molar refractivity (Wildman–Crippen MR) is 127 cm³/mol. The van der Waals surface area contributed by atoms with Crippen LogP contribution in [0, 0.1) is 18.6 Å². The summed E-state index contributed by atoms with van der Waals surface area (Å²) < 4.78 is 26.9. The van der Waals surface area contributed by atoms with Gasteiger partial charge in [-0.05, 0) is 56.2 Å². The molecule has 0 aliphatic carbocycles. The summed E-state index contributed by atoms with van der Waals surface area (Å²) in [4.78, 5) is 25.5. The molecule has 1 N–H and O–H groups in total. The SMILES string of the molecule is C.Cc1cccc(N2CCC(N(C)C(=O)Nc3ccc(-c4cc(F)cc(F)c4)nc3)CC2)n1. The molecule has 0 radical (unpaired) electrons. The largest absolute Gasteiger partial charge is 0.356 e. The minimum atomic E-state index is -0.662. The van der Waals surface area contributed by atoms with Crippen LogP contribution in [0.3, 0.4) is 0 Å². The van der Waals surface area contributed by atoms with Gasteiger partial charge in [-0.2, -0.15) is 0 Å². The lowest BCUT2D eigenvalue weighted by Gasteiger charge is -2.37. The molecule has 2 aromatic heterocycles. The number of hydrogen-bond acceptors (Lipinski definition) is 4. The molecule has 3 aromatic rings. The smallest absolute Gasteiger partial charge is 0.321 e. The van der Waals surface area contributed by atoms with Crippen LogP contribution in [0.5, 0.6) is 0 Å². The molecule has 6 nitrogen and oxygen atoms in total. The first-order valence-electron chi connectivity index (χ1n) is 10.5. The van der Waals surface area contributed by atoms with Gasteiger partial charge in [-0.25, -0.2) is 18.6 Å². The number of piperidine rings is 1. The molecule has 1 saturated heterocycles. The second-order valence-electron chi connectivity index (χ2n) is 7.99. The highest BCUT2D eigenvalue weighted by atomic mass is 19.1. The van der Waals surface area contributed by atoms with Crippen molar-refractivity contribution in [3.63, 3.8) is 0 Å². The van der Waals surface area contributed by atoms with E-state index in [0.717, 1.165) is 43.5 Å². The highest BCUT2D eigenvalue weighted by Crippen LogP contribution is 2.23. The van der Waals surface area contributed by atoms with Crippen LogP contribution >= 0.6 is 0 Å². The molecule has 174 valence electrons. The van der Waals surface area contributed by atoms with Crippen LogP contribution in [-0.4, -0.2) is 47.1 Å². The number of pyridine rings is 2. The van der Waals surface area contributed by atoms with Gasteiger partial charge >= 0.3 is 6.03 Å². The molecule has 1 aliphatic rings. The van der Waals surface area contributed by atoms with Crippen molar-refractivity contribution in [1.82, 2.24) is 14.9 Å². The number of rotatable bonds is 4. The molecule has 1 aromatic carbocycles. The van der Waals surface area contributed by atoms with Crippen LogP contribution in [0.2, 0.25) is 0 Å². The molecule has 0 atom stereocenters. The van der Waals surface area contributed by atoms with Crippen LogP contribution in [0.15, 0.2) is 54.7 Å². The normalized spacial score (nSPS) is 13.9. The Balaban J connectivity index is 0.00000306. The molecule has 1 fully saturated rings. The van der Waals surface area contributed by atoms with E-state index in [9.17, 15) is 13.6 Å². The van der Waals surface area contributed by atoms with Crippen LogP contribution in [0.1, 0.15) is 26.0 Å². The predicted octanol–water partition coefficient (Wildman–Crippen LogP) is 5.50. The van der Waals surface area contributed by atoms with Crippen LogP contribution in [0.4, 0.5) is 25.1 Å². The lowest BCUT2D eigenvalue weighted by Crippen LogP contribution is -2.47. The molecule has 3 heterocycles. The number of benzene rings is 1. The van der Waals surface area contributed by atoms with Crippen LogP contribution < -0.4 is 10.2 Å². The van der Waals surface area contributed by atoms with Crippen LogP contribution in [0.25, 0.3) is 11.3 Å². The van der Waals surface area contributed by atoms with Gasteiger partial charge in [0.05, 0.1) is 17.6 Å². The summed E-state index contributed by atoms with van der Waals surface area (Å²) >= 11 is 0. The van der Waals surface area contributed by atoms with Gasteiger partial charge in [0.1, 0.15) is 17.5 Å². The molecule has 0 unspecified atom stereocenters. The second-order valence-corrected chi connectivity index (χ2v) is 7.99. The fraction of sp³-hybridized carbons (Fsp3) is 0.320. The quantitative estimate of drug-likeness (QED) is 0.567. The Kier molecular flexibility index (Phi) is 7.58. The number of aromatic nitrogens is 2. The fourth-order valence-corrected chi connectivity index (χ4v) is 3.90. The summed E-state index contributed by atoms with van der Waals surface area (Å²) in [6, 6.07) is 12.4. The van der Waals surface area contributed by atoms with E-state index in [2.05, 4.69) is 20.2 Å². The summed E-state index contributed by atoms with van der Waals surface area (Å²) in [5.74, 6) is -0.352. The number of carbonyl (C=O) groups is 1. The van der Waals surface area contributed by atoms with E-state index < -0.39 is 11.6 Å². The first kappa shape index (κ1) is 24.1. The molecule has 33 heavy (non-hydrogen) atoms. The zero-order chi connectivity index (χ0) is 22.7. The first-order chi connectivity index (χ1) is 15.4. The Morgan fingerprint density at radius 3 is 2.39 bits per heavy atom. The number of hydrogen-bond donors (Lipinski definition) is 1. The number of urea groups is 1. The van der Waals surface area contributed by atoms with Crippen molar-refractivity contribution in [2.24, 2.45) is 0 Å². The summed E-state index contributed by atoms with van der Waals surface area (Å²) in [6.07, 6.45) is 3.18. The van der Waals surface area contributed by atoms with Crippen molar-refractivity contribution in [3.05, 3.63) is 72.1 Å². The van der Waals surface area contributed by atoms with Crippen molar-refractivity contribution in [1.29, 1.82) is 0 Å². The summed E-state index contributed by atoms with van der Waals surface area (Å²) in [6.45, 7) is 3.64. The topological polar surface area (TPSA) is 61.4 Å². The zero-order valence-corrected chi connectivity index (χ0v) is 18.1. The third-order valence-corrected chi connectivity index (χ3v) is 5.70. The van der Waals surface area contributed by atoms with Crippen LogP contribution in [-0.2, 0) is 0 Å². The molecule has 0 bridgehead atoms. The van der Waals surface area contributed by atoms with Gasteiger partial charge in [-0.15, -0.1) is 0 Å². The summed E-state index contributed by atoms with van der Waals surface area (Å²) in [5.41, 5.74) is 2.27. The minimum Gasteiger partial charge on any atom is -0.356 e. The zero-order valence-electron chi connectivity index (χ0n) is 18.1. The molecule has 8 heteroatoms. The number of halogens is 2. The standard InChI is InChI=1S/C24H25F2N5O.CH4/c1-16-4-3-5-23(28-16)31-10-8-21(9-11-31)30(2)24(32)29-20-6-7-22(27-15-20)17-12-18(25)14-19(26)13-17;/h3-7,12-15,21H,8-11H2,1-2H3,(H,29,32);1H4. The number of amides is 2. The lowest BCUT2D eigenvalue weighted by atomic mass is 10.0. The highest BCUT2D eigenvalue weighted by Gasteiger charge is 2.26.